The van der Waals surface area contributed by atoms with Crippen LogP contribution in [0.2, 0.25) is 0 Å². The Balaban J connectivity index is 2.18. The molecule has 1 atom stereocenters. The average molecular weight is 304 g/mol. The maximum absolute atomic E-state index is 14.2. The van der Waals surface area contributed by atoms with Crippen LogP contribution < -0.4 is 11.1 Å². The number of nitrogens with one attached hydrogen (secondary N) is 1. The van der Waals surface area contributed by atoms with E-state index in [1.165, 1.54) is 10.7 Å². The number of amides is 1. The second-order valence-corrected chi connectivity index (χ2v) is 5.75. The number of carbonyl (C=O) groups excluding carboxylic acids is 1. The molecule has 1 heterocycles. The highest BCUT2D eigenvalue weighted by molar-refractivity contribution is 5.97. The predicted molar refractivity (Wildman–Crippen MR) is 84.4 cm³/mol. The van der Waals surface area contributed by atoms with Gasteiger partial charge in [0.2, 0.25) is 5.91 Å². The monoisotopic (exact) mass is 304 g/mol. The summed E-state index contributed by atoms with van der Waals surface area (Å²) in [5.41, 5.74) is 6.64. The third-order valence-corrected chi connectivity index (χ3v) is 3.45. The number of aryl methyl sites for hydroxylation is 1. The van der Waals surface area contributed by atoms with Gasteiger partial charge in [-0.2, -0.15) is 5.10 Å². The number of hydrogen-bond donors (Lipinski definition) is 2. The fourth-order valence-corrected chi connectivity index (χ4v) is 2.22. The Kier molecular flexibility index (Phi) is 4.61. The highest BCUT2D eigenvalue weighted by atomic mass is 19.1. The molecule has 1 amide bonds. The Morgan fingerprint density at radius 2 is 2.23 bits per heavy atom. The SMILES string of the molecule is CCCC(C)(N)C(=O)Nc1ccc(-n2cc(C)cn2)c(F)c1. The molecule has 5 nitrogen and oxygen atoms in total. The van der Waals surface area contributed by atoms with E-state index in [1.54, 1.807) is 31.5 Å². The molecule has 0 aliphatic carbocycles. The minimum Gasteiger partial charge on any atom is -0.324 e. The Morgan fingerprint density at radius 3 is 2.77 bits per heavy atom. The quantitative estimate of drug-likeness (QED) is 0.892. The standard InChI is InChI=1S/C16H21FN4O/c1-4-7-16(3,18)15(22)20-12-5-6-14(13(17)8-12)21-10-11(2)9-19-21/h5-6,8-10H,4,7,18H2,1-3H3,(H,20,22). The second kappa shape index (κ2) is 6.27. The van der Waals surface area contributed by atoms with Crippen LogP contribution in [0.3, 0.4) is 0 Å². The summed E-state index contributed by atoms with van der Waals surface area (Å²) in [6.45, 7) is 5.51. The number of anilines is 1. The van der Waals surface area contributed by atoms with Gasteiger partial charge in [-0.3, -0.25) is 4.79 Å². The lowest BCUT2D eigenvalue weighted by atomic mass is 9.96. The van der Waals surface area contributed by atoms with E-state index in [1.807, 2.05) is 13.8 Å². The Hall–Kier alpha value is -2.21. The maximum atomic E-state index is 14.2. The van der Waals surface area contributed by atoms with Gasteiger partial charge >= 0.3 is 0 Å². The van der Waals surface area contributed by atoms with Crippen LogP contribution in [-0.4, -0.2) is 21.2 Å². The van der Waals surface area contributed by atoms with Gasteiger partial charge in [0.25, 0.3) is 0 Å². The molecule has 0 fully saturated rings. The predicted octanol–water partition coefficient (Wildman–Crippen LogP) is 2.78. The van der Waals surface area contributed by atoms with Gasteiger partial charge in [-0.1, -0.05) is 13.3 Å². The van der Waals surface area contributed by atoms with Crippen molar-refractivity contribution >= 4 is 11.6 Å². The summed E-state index contributed by atoms with van der Waals surface area (Å²) in [5, 5.41) is 6.73. The van der Waals surface area contributed by atoms with Crippen molar-refractivity contribution in [1.29, 1.82) is 0 Å². The molecule has 2 rings (SSSR count). The van der Waals surface area contributed by atoms with Crippen LogP contribution in [0.15, 0.2) is 30.6 Å². The summed E-state index contributed by atoms with van der Waals surface area (Å²) >= 11 is 0. The molecule has 2 aromatic rings. The van der Waals surface area contributed by atoms with Crippen LogP contribution in [0.1, 0.15) is 32.3 Å². The summed E-state index contributed by atoms with van der Waals surface area (Å²) in [6.07, 6.45) is 4.74. The van der Waals surface area contributed by atoms with Crippen molar-refractivity contribution in [2.75, 3.05) is 5.32 Å². The van der Waals surface area contributed by atoms with E-state index in [0.29, 0.717) is 17.8 Å². The molecule has 0 radical (unpaired) electrons. The van der Waals surface area contributed by atoms with Crippen molar-refractivity contribution in [3.8, 4) is 5.69 Å². The van der Waals surface area contributed by atoms with Gasteiger partial charge in [0.1, 0.15) is 5.69 Å². The summed E-state index contributed by atoms with van der Waals surface area (Å²) in [7, 11) is 0. The molecule has 1 aromatic heterocycles. The van der Waals surface area contributed by atoms with E-state index in [4.69, 9.17) is 5.73 Å². The van der Waals surface area contributed by atoms with Gasteiger partial charge in [-0.25, -0.2) is 9.07 Å². The van der Waals surface area contributed by atoms with Gasteiger partial charge in [0, 0.05) is 11.9 Å². The van der Waals surface area contributed by atoms with Gasteiger partial charge in [-0.05, 0) is 44.0 Å². The second-order valence-electron chi connectivity index (χ2n) is 5.75. The van der Waals surface area contributed by atoms with Crippen LogP contribution in [0, 0.1) is 12.7 Å². The van der Waals surface area contributed by atoms with E-state index in [-0.39, 0.29) is 5.91 Å². The molecule has 6 heteroatoms. The van der Waals surface area contributed by atoms with Gasteiger partial charge in [-0.15, -0.1) is 0 Å². The molecule has 0 bridgehead atoms. The number of aromatic nitrogens is 2. The first-order chi connectivity index (χ1) is 10.3. The van der Waals surface area contributed by atoms with E-state index in [2.05, 4.69) is 10.4 Å². The molecule has 0 aliphatic rings. The molecule has 0 spiro atoms. The summed E-state index contributed by atoms with van der Waals surface area (Å²) in [5.74, 6) is -0.786. The zero-order valence-electron chi connectivity index (χ0n) is 13.1. The summed E-state index contributed by atoms with van der Waals surface area (Å²) < 4.78 is 15.7. The Morgan fingerprint density at radius 1 is 1.50 bits per heavy atom. The molecule has 0 saturated carbocycles. The number of hydrogen-bond acceptors (Lipinski definition) is 3. The number of nitrogens with zero attached hydrogens (tertiary/aromatic N) is 2. The molecule has 22 heavy (non-hydrogen) atoms. The maximum Gasteiger partial charge on any atom is 0.244 e. The first-order valence-corrected chi connectivity index (χ1v) is 7.25. The fourth-order valence-electron chi connectivity index (χ4n) is 2.22. The lowest BCUT2D eigenvalue weighted by molar-refractivity contribution is -0.120. The number of carbonyl (C=O) groups is 1. The van der Waals surface area contributed by atoms with Crippen molar-refractivity contribution in [2.45, 2.75) is 39.2 Å². The zero-order valence-corrected chi connectivity index (χ0v) is 13.1. The van der Waals surface area contributed by atoms with Crippen LogP contribution >= 0.6 is 0 Å². The van der Waals surface area contributed by atoms with E-state index >= 15 is 0 Å². The molecule has 1 unspecified atom stereocenters. The molecule has 3 N–H and O–H groups in total. The minimum absolute atomic E-state index is 0.323. The topological polar surface area (TPSA) is 72.9 Å². The fraction of sp³-hybridized carbons (Fsp3) is 0.375. The van der Waals surface area contributed by atoms with Gasteiger partial charge < -0.3 is 11.1 Å². The summed E-state index contributed by atoms with van der Waals surface area (Å²) in [4.78, 5) is 12.1. The zero-order chi connectivity index (χ0) is 16.3. The molecule has 0 aliphatic heterocycles. The number of benzene rings is 1. The van der Waals surface area contributed by atoms with Crippen molar-refractivity contribution in [1.82, 2.24) is 9.78 Å². The van der Waals surface area contributed by atoms with E-state index in [0.717, 1.165) is 12.0 Å². The minimum atomic E-state index is -0.969. The third-order valence-electron chi connectivity index (χ3n) is 3.45. The first-order valence-electron chi connectivity index (χ1n) is 7.25. The van der Waals surface area contributed by atoms with Crippen molar-refractivity contribution in [3.05, 3.63) is 42.0 Å². The summed E-state index contributed by atoms with van der Waals surface area (Å²) in [6, 6.07) is 4.48. The van der Waals surface area contributed by atoms with Crippen molar-refractivity contribution in [2.24, 2.45) is 5.73 Å². The molecule has 0 saturated heterocycles. The van der Waals surface area contributed by atoms with Crippen LogP contribution in [0.25, 0.3) is 5.69 Å². The van der Waals surface area contributed by atoms with Crippen molar-refractivity contribution in [3.63, 3.8) is 0 Å². The van der Waals surface area contributed by atoms with E-state index < -0.39 is 11.4 Å². The lowest BCUT2D eigenvalue weighted by Gasteiger charge is -2.22. The highest BCUT2D eigenvalue weighted by Crippen LogP contribution is 2.20. The molecule has 1 aromatic carbocycles. The van der Waals surface area contributed by atoms with Gasteiger partial charge in [0.15, 0.2) is 5.82 Å². The third kappa shape index (κ3) is 3.51. The number of halogens is 1. The van der Waals surface area contributed by atoms with Crippen LogP contribution in [0.4, 0.5) is 10.1 Å². The Bertz CT molecular complexity index is 679. The normalized spacial score (nSPS) is 13.7. The van der Waals surface area contributed by atoms with Crippen LogP contribution in [-0.2, 0) is 4.79 Å². The van der Waals surface area contributed by atoms with Crippen molar-refractivity contribution < 1.29 is 9.18 Å². The highest BCUT2D eigenvalue weighted by Gasteiger charge is 2.27. The number of rotatable bonds is 5. The molecule has 118 valence electrons. The lowest BCUT2D eigenvalue weighted by Crippen LogP contribution is -2.48. The van der Waals surface area contributed by atoms with E-state index in [9.17, 15) is 9.18 Å². The average Bonchev–Trinajstić information content (AvgIpc) is 2.85. The largest absolute Gasteiger partial charge is 0.324 e. The molecular formula is C16H21FN4O. The number of nitrogens with two attached hydrogens (primary N) is 1. The first kappa shape index (κ1) is 16.2. The molecular weight excluding hydrogens is 283 g/mol. The van der Waals surface area contributed by atoms with Gasteiger partial charge in [0.05, 0.1) is 11.7 Å². The van der Waals surface area contributed by atoms with Crippen LogP contribution in [0.5, 0.6) is 0 Å². The Labute approximate surface area is 129 Å². The smallest absolute Gasteiger partial charge is 0.244 e.